The number of benzene rings is 1. The Morgan fingerprint density at radius 2 is 2.07 bits per heavy atom. The molecule has 3 heteroatoms. The Bertz CT molecular complexity index is 272. The summed E-state index contributed by atoms with van der Waals surface area (Å²) in [6.07, 6.45) is 0.509. The van der Waals surface area contributed by atoms with E-state index in [-0.39, 0.29) is 5.78 Å². The SMILES string of the molecule is CC(=O)CCNOCc1ccccc1. The monoisotopic (exact) mass is 193 g/mol. The molecule has 0 aliphatic carbocycles. The zero-order valence-corrected chi connectivity index (χ0v) is 8.32. The van der Waals surface area contributed by atoms with Gasteiger partial charge >= 0.3 is 0 Å². The fourth-order valence-electron chi connectivity index (χ4n) is 1.01. The molecule has 0 aliphatic heterocycles. The number of hydroxylamine groups is 1. The molecule has 14 heavy (non-hydrogen) atoms. The highest BCUT2D eigenvalue weighted by molar-refractivity contribution is 5.75. The van der Waals surface area contributed by atoms with Crippen LogP contribution < -0.4 is 5.48 Å². The maximum atomic E-state index is 10.6. The number of carbonyl (C=O) groups is 1. The summed E-state index contributed by atoms with van der Waals surface area (Å²) >= 11 is 0. The van der Waals surface area contributed by atoms with Crippen LogP contribution in [0.4, 0.5) is 0 Å². The van der Waals surface area contributed by atoms with Gasteiger partial charge in [0.1, 0.15) is 5.78 Å². The van der Waals surface area contributed by atoms with Gasteiger partial charge in [-0.2, -0.15) is 0 Å². The summed E-state index contributed by atoms with van der Waals surface area (Å²) in [6, 6.07) is 9.88. The molecule has 76 valence electrons. The Hall–Kier alpha value is -1.19. The largest absolute Gasteiger partial charge is 0.300 e. The summed E-state index contributed by atoms with van der Waals surface area (Å²) in [4.78, 5) is 15.7. The molecule has 0 aromatic heterocycles. The van der Waals surface area contributed by atoms with Crippen molar-refractivity contribution in [2.24, 2.45) is 0 Å². The number of Topliss-reactive ketones (excluding diaryl/α,β-unsaturated/α-hetero) is 1. The first-order valence-corrected chi connectivity index (χ1v) is 4.67. The number of hydrogen-bond acceptors (Lipinski definition) is 3. The van der Waals surface area contributed by atoms with Gasteiger partial charge in [-0.05, 0) is 12.5 Å². The topological polar surface area (TPSA) is 38.3 Å². The van der Waals surface area contributed by atoms with E-state index in [1.165, 1.54) is 0 Å². The van der Waals surface area contributed by atoms with Gasteiger partial charge in [-0.1, -0.05) is 30.3 Å². The van der Waals surface area contributed by atoms with Gasteiger partial charge in [0.15, 0.2) is 0 Å². The van der Waals surface area contributed by atoms with Gasteiger partial charge < -0.3 is 0 Å². The molecule has 0 atom stereocenters. The minimum atomic E-state index is 0.167. The molecular weight excluding hydrogens is 178 g/mol. The van der Waals surface area contributed by atoms with Gasteiger partial charge in [-0.15, -0.1) is 0 Å². The average molecular weight is 193 g/mol. The molecule has 0 aliphatic rings. The van der Waals surface area contributed by atoms with E-state index in [0.717, 1.165) is 5.56 Å². The predicted octanol–water partition coefficient (Wildman–Crippen LogP) is 1.69. The van der Waals surface area contributed by atoms with Crippen molar-refractivity contribution >= 4 is 5.78 Å². The van der Waals surface area contributed by atoms with Gasteiger partial charge in [-0.25, -0.2) is 5.48 Å². The second-order valence-electron chi connectivity index (χ2n) is 3.12. The van der Waals surface area contributed by atoms with Crippen molar-refractivity contribution in [3.8, 4) is 0 Å². The summed E-state index contributed by atoms with van der Waals surface area (Å²) in [5, 5.41) is 0. The third-order valence-corrected chi connectivity index (χ3v) is 1.76. The van der Waals surface area contributed by atoms with Crippen molar-refractivity contribution in [1.82, 2.24) is 5.48 Å². The van der Waals surface area contributed by atoms with E-state index in [0.29, 0.717) is 19.6 Å². The summed E-state index contributed by atoms with van der Waals surface area (Å²) in [5.74, 6) is 0.167. The molecule has 0 radical (unpaired) electrons. The van der Waals surface area contributed by atoms with E-state index in [1.54, 1.807) is 6.92 Å². The van der Waals surface area contributed by atoms with E-state index in [4.69, 9.17) is 4.84 Å². The minimum Gasteiger partial charge on any atom is -0.300 e. The maximum absolute atomic E-state index is 10.6. The Kier molecular flexibility index (Phi) is 4.89. The average Bonchev–Trinajstić information content (AvgIpc) is 2.18. The van der Waals surface area contributed by atoms with Gasteiger partial charge in [0, 0.05) is 13.0 Å². The lowest BCUT2D eigenvalue weighted by Crippen LogP contribution is -2.17. The van der Waals surface area contributed by atoms with Gasteiger partial charge in [0.25, 0.3) is 0 Å². The summed E-state index contributed by atoms with van der Waals surface area (Å²) in [7, 11) is 0. The van der Waals surface area contributed by atoms with Crippen LogP contribution in [0.3, 0.4) is 0 Å². The molecule has 0 heterocycles. The molecule has 0 unspecified atom stereocenters. The quantitative estimate of drug-likeness (QED) is 0.552. The second kappa shape index (κ2) is 6.29. The van der Waals surface area contributed by atoms with E-state index < -0.39 is 0 Å². The van der Waals surface area contributed by atoms with Gasteiger partial charge in [0.2, 0.25) is 0 Å². The maximum Gasteiger partial charge on any atom is 0.131 e. The molecule has 1 aromatic rings. The fourth-order valence-corrected chi connectivity index (χ4v) is 1.01. The van der Waals surface area contributed by atoms with E-state index in [2.05, 4.69) is 5.48 Å². The van der Waals surface area contributed by atoms with Crippen molar-refractivity contribution in [3.05, 3.63) is 35.9 Å². The molecule has 0 saturated carbocycles. The second-order valence-corrected chi connectivity index (χ2v) is 3.12. The zero-order chi connectivity index (χ0) is 10.2. The molecule has 0 spiro atoms. The van der Waals surface area contributed by atoms with E-state index in [9.17, 15) is 4.79 Å². The molecular formula is C11H15NO2. The minimum absolute atomic E-state index is 0.167. The van der Waals surface area contributed by atoms with Crippen LogP contribution in [0, 0.1) is 0 Å². The van der Waals surface area contributed by atoms with Crippen LogP contribution in [0.15, 0.2) is 30.3 Å². The van der Waals surface area contributed by atoms with Crippen LogP contribution >= 0.6 is 0 Å². The van der Waals surface area contributed by atoms with Crippen molar-refractivity contribution < 1.29 is 9.63 Å². The highest BCUT2D eigenvalue weighted by Gasteiger charge is 1.93. The molecule has 0 fully saturated rings. The lowest BCUT2D eigenvalue weighted by atomic mass is 10.2. The lowest BCUT2D eigenvalue weighted by molar-refractivity contribution is -0.117. The standard InChI is InChI=1S/C11H15NO2/c1-10(13)7-8-12-14-9-11-5-3-2-4-6-11/h2-6,12H,7-9H2,1H3. The number of carbonyl (C=O) groups excluding carboxylic acids is 1. The number of ketones is 1. The molecule has 0 saturated heterocycles. The Morgan fingerprint density at radius 3 is 2.71 bits per heavy atom. The van der Waals surface area contributed by atoms with Crippen LogP contribution in [-0.4, -0.2) is 12.3 Å². The fraction of sp³-hybridized carbons (Fsp3) is 0.364. The Balaban J connectivity index is 2.08. The van der Waals surface area contributed by atoms with Crippen LogP contribution in [-0.2, 0) is 16.2 Å². The zero-order valence-electron chi connectivity index (χ0n) is 8.32. The smallest absolute Gasteiger partial charge is 0.131 e. The molecule has 1 rings (SSSR count). The first kappa shape index (κ1) is 10.9. The summed E-state index contributed by atoms with van der Waals surface area (Å²) in [6.45, 7) is 2.67. The highest BCUT2D eigenvalue weighted by Crippen LogP contribution is 1.98. The van der Waals surface area contributed by atoms with Gasteiger partial charge in [0.05, 0.1) is 6.61 Å². The lowest BCUT2D eigenvalue weighted by Gasteiger charge is -2.04. The third kappa shape index (κ3) is 4.74. The van der Waals surface area contributed by atoms with E-state index >= 15 is 0 Å². The molecule has 1 N–H and O–H groups in total. The van der Waals surface area contributed by atoms with Crippen LogP contribution in [0.2, 0.25) is 0 Å². The van der Waals surface area contributed by atoms with Crippen LogP contribution in [0.25, 0.3) is 0 Å². The van der Waals surface area contributed by atoms with E-state index in [1.807, 2.05) is 30.3 Å². The molecule has 0 bridgehead atoms. The highest BCUT2D eigenvalue weighted by atomic mass is 16.6. The number of nitrogens with one attached hydrogen (secondary N) is 1. The summed E-state index contributed by atoms with van der Waals surface area (Å²) in [5.41, 5.74) is 3.86. The normalized spacial score (nSPS) is 10.1. The van der Waals surface area contributed by atoms with Crippen molar-refractivity contribution in [2.75, 3.05) is 6.54 Å². The van der Waals surface area contributed by atoms with Crippen molar-refractivity contribution in [1.29, 1.82) is 0 Å². The summed E-state index contributed by atoms with van der Waals surface area (Å²) < 4.78 is 0. The number of hydrogen-bond donors (Lipinski definition) is 1. The molecule has 3 nitrogen and oxygen atoms in total. The first-order valence-electron chi connectivity index (χ1n) is 4.67. The van der Waals surface area contributed by atoms with Gasteiger partial charge in [-0.3, -0.25) is 9.63 Å². The van der Waals surface area contributed by atoms with Crippen molar-refractivity contribution in [2.45, 2.75) is 20.0 Å². The van der Waals surface area contributed by atoms with Crippen molar-refractivity contribution in [3.63, 3.8) is 0 Å². The number of rotatable bonds is 6. The Labute approximate surface area is 84.0 Å². The van der Waals surface area contributed by atoms with Crippen LogP contribution in [0.1, 0.15) is 18.9 Å². The molecule has 0 amide bonds. The van der Waals surface area contributed by atoms with Crippen LogP contribution in [0.5, 0.6) is 0 Å². The first-order chi connectivity index (χ1) is 6.79. The Morgan fingerprint density at radius 1 is 1.36 bits per heavy atom. The predicted molar refractivity (Wildman–Crippen MR) is 54.5 cm³/mol. The third-order valence-electron chi connectivity index (χ3n) is 1.76. The molecule has 1 aromatic carbocycles.